The first kappa shape index (κ1) is 14.3. The largest absolute Gasteiger partial charge is 0.370 e. The highest BCUT2D eigenvalue weighted by Gasteiger charge is 2.17. The fourth-order valence-electron chi connectivity index (χ4n) is 1.12. The van der Waals surface area contributed by atoms with Crippen LogP contribution in [0.2, 0.25) is 0 Å². The fourth-order valence-corrected chi connectivity index (χ4v) is 1.12. The molecule has 0 aliphatic carbocycles. The predicted molar refractivity (Wildman–Crippen MR) is 55.3 cm³/mol. The molecule has 0 rings (SSSR count). The van der Waals surface area contributed by atoms with Gasteiger partial charge in [0.25, 0.3) is 0 Å². The van der Waals surface area contributed by atoms with E-state index in [1.807, 2.05) is 0 Å². The molecule has 1 atom stereocenters. The SMILES string of the molecule is COC(OC)C(C)NC(=O)COCCN. The third-order valence-corrected chi connectivity index (χ3v) is 1.76. The van der Waals surface area contributed by atoms with Gasteiger partial charge in [-0.05, 0) is 6.92 Å². The van der Waals surface area contributed by atoms with Gasteiger partial charge in [-0.1, -0.05) is 0 Å². The Morgan fingerprint density at radius 2 is 2.00 bits per heavy atom. The van der Waals surface area contributed by atoms with Crippen molar-refractivity contribution in [1.29, 1.82) is 0 Å². The summed E-state index contributed by atoms with van der Waals surface area (Å²) in [5.41, 5.74) is 5.21. The lowest BCUT2D eigenvalue weighted by atomic mass is 10.3. The maximum Gasteiger partial charge on any atom is 0.246 e. The average molecular weight is 220 g/mol. The summed E-state index contributed by atoms with van der Waals surface area (Å²) in [6.45, 7) is 2.57. The molecule has 0 saturated carbocycles. The van der Waals surface area contributed by atoms with E-state index in [2.05, 4.69) is 5.32 Å². The second kappa shape index (κ2) is 8.60. The zero-order valence-corrected chi connectivity index (χ0v) is 9.49. The number of nitrogens with one attached hydrogen (secondary N) is 1. The van der Waals surface area contributed by atoms with Crippen molar-refractivity contribution in [3.63, 3.8) is 0 Å². The number of amides is 1. The van der Waals surface area contributed by atoms with Crippen molar-refractivity contribution in [3.05, 3.63) is 0 Å². The molecule has 0 radical (unpaired) electrons. The van der Waals surface area contributed by atoms with Crippen molar-refractivity contribution >= 4 is 5.91 Å². The average Bonchev–Trinajstić information content (AvgIpc) is 2.20. The molecule has 1 amide bonds. The summed E-state index contributed by atoms with van der Waals surface area (Å²) in [6, 6.07) is -0.228. The number of hydrogen-bond donors (Lipinski definition) is 2. The van der Waals surface area contributed by atoms with Gasteiger partial charge in [-0.15, -0.1) is 0 Å². The van der Waals surface area contributed by atoms with E-state index in [0.717, 1.165) is 0 Å². The monoisotopic (exact) mass is 220 g/mol. The Hall–Kier alpha value is -0.690. The highest BCUT2D eigenvalue weighted by Crippen LogP contribution is 1.97. The number of carbonyl (C=O) groups excluding carboxylic acids is 1. The molecule has 3 N–H and O–H groups in total. The molecule has 0 aliphatic rings. The number of nitrogens with two attached hydrogens (primary N) is 1. The van der Waals surface area contributed by atoms with E-state index in [1.54, 1.807) is 6.92 Å². The van der Waals surface area contributed by atoms with Crippen LogP contribution in [0.1, 0.15) is 6.92 Å². The highest BCUT2D eigenvalue weighted by molar-refractivity contribution is 5.77. The smallest absolute Gasteiger partial charge is 0.246 e. The molecule has 0 aliphatic heterocycles. The third kappa shape index (κ3) is 6.40. The lowest BCUT2D eigenvalue weighted by Crippen LogP contribution is -2.44. The normalized spacial score (nSPS) is 12.9. The molecule has 15 heavy (non-hydrogen) atoms. The lowest BCUT2D eigenvalue weighted by Gasteiger charge is -2.21. The lowest BCUT2D eigenvalue weighted by molar-refractivity contribution is -0.138. The Balaban J connectivity index is 3.74. The van der Waals surface area contributed by atoms with Crippen LogP contribution >= 0.6 is 0 Å². The zero-order valence-electron chi connectivity index (χ0n) is 9.49. The molecular weight excluding hydrogens is 200 g/mol. The third-order valence-electron chi connectivity index (χ3n) is 1.76. The molecule has 0 aromatic rings. The minimum atomic E-state index is -0.455. The van der Waals surface area contributed by atoms with Gasteiger partial charge >= 0.3 is 0 Å². The number of ether oxygens (including phenoxy) is 3. The van der Waals surface area contributed by atoms with Crippen LogP contribution in [0, 0.1) is 0 Å². The quantitative estimate of drug-likeness (QED) is 0.408. The number of hydrogen-bond acceptors (Lipinski definition) is 5. The summed E-state index contributed by atoms with van der Waals surface area (Å²) in [5.74, 6) is -0.213. The van der Waals surface area contributed by atoms with Gasteiger partial charge in [0.2, 0.25) is 5.91 Å². The molecule has 0 aromatic carbocycles. The van der Waals surface area contributed by atoms with Gasteiger partial charge in [0.1, 0.15) is 6.61 Å². The van der Waals surface area contributed by atoms with Crippen molar-refractivity contribution in [1.82, 2.24) is 5.32 Å². The second-order valence-corrected chi connectivity index (χ2v) is 3.04. The molecule has 90 valence electrons. The molecule has 6 nitrogen and oxygen atoms in total. The van der Waals surface area contributed by atoms with Gasteiger partial charge in [0.15, 0.2) is 6.29 Å². The van der Waals surface area contributed by atoms with Crippen molar-refractivity contribution in [3.8, 4) is 0 Å². The Morgan fingerprint density at radius 1 is 1.40 bits per heavy atom. The topological polar surface area (TPSA) is 82.8 Å². The summed E-state index contributed by atoms with van der Waals surface area (Å²) in [4.78, 5) is 11.3. The summed E-state index contributed by atoms with van der Waals surface area (Å²) in [5, 5.41) is 2.69. The van der Waals surface area contributed by atoms with Gasteiger partial charge in [0, 0.05) is 20.8 Å². The van der Waals surface area contributed by atoms with Crippen molar-refractivity contribution in [2.45, 2.75) is 19.3 Å². The molecule has 0 bridgehead atoms. The van der Waals surface area contributed by atoms with Crippen LogP contribution in [-0.2, 0) is 19.0 Å². The number of methoxy groups -OCH3 is 2. The van der Waals surface area contributed by atoms with E-state index in [9.17, 15) is 4.79 Å². The van der Waals surface area contributed by atoms with Crippen LogP contribution in [0.5, 0.6) is 0 Å². The van der Waals surface area contributed by atoms with E-state index in [0.29, 0.717) is 13.2 Å². The summed E-state index contributed by atoms with van der Waals surface area (Å²) < 4.78 is 15.0. The number of rotatable bonds is 8. The fraction of sp³-hybridized carbons (Fsp3) is 0.889. The van der Waals surface area contributed by atoms with E-state index < -0.39 is 6.29 Å². The van der Waals surface area contributed by atoms with Gasteiger partial charge < -0.3 is 25.3 Å². The molecule has 0 aromatic heterocycles. The number of carbonyl (C=O) groups is 1. The second-order valence-electron chi connectivity index (χ2n) is 3.04. The Bertz CT molecular complexity index is 173. The molecule has 0 heterocycles. The first-order valence-electron chi connectivity index (χ1n) is 4.78. The van der Waals surface area contributed by atoms with E-state index in [4.69, 9.17) is 19.9 Å². The summed E-state index contributed by atoms with van der Waals surface area (Å²) in [7, 11) is 3.03. The maximum absolute atomic E-state index is 11.3. The van der Waals surface area contributed by atoms with E-state index in [-0.39, 0.29) is 18.6 Å². The Kier molecular flexibility index (Phi) is 8.21. The standard InChI is InChI=1S/C9H20N2O4/c1-7(9(13-2)14-3)11-8(12)6-15-5-4-10/h7,9H,4-6,10H2,1-3H3,(H,11,12). The van der Waals surface area contributed by atoms with Crippen LogP contribution < -0.4 is 11.1 Å². The van der Waals surface area contributed by atoms with Crippen LogP contribution in [0.4, 0.5) is 0 Å². The maximum atomic E-state index is 11.3. The van der Waals surface area contributed by atoms with Crippen molar-refractivity contribution < 1.29 is 19.0 Å². The van der Waals surface area contributed by atoms with Crippen LogP contribution in [-0.4, -0.2) is 52.2 Å². The molecular formula is C9H20N2O4. The molecule has 0 spiro atoms. The van der Waals surface area contributed by atoms with Gasteiger partial charge in [-0.3, -0.25) is 4.79 Å². The molecule has 6 heteroatoms. The summed E-state index contributed by atoms with van der Waals surface area (Å²) >= 11 is 0. The first-order valence-corrected chi connectivity index (χ1v) is 4.78. The van der Waals surface area contributed by atoms with E-state index >= 15 is 0 Å². The van der Waals surface area contributed by atoms with Gasteiger partial charge in [-0.2, -0.15) is 0 Å². The van der Waals surface area contributed by atoms with Crippen LogP contribution in [0.15, 0.2) is 0 Å². The van der Waals surface area contributed by atoms with Crippen LogP contribution in [0.25, 0.3) is 0 Å². The Labute approximate surface area is 90.1 Å². The van der Waals surface area contributed by atoms with Gasteiger partial charge in [0.05, 0.1) is 12.6 Å². The summed E-state index contributed by atoms with van der Waals surface area (Å²) in [6.07, 6.45) is -0.455. The highest BCUT2D eigenvalue weighted by atomic mass is 16.7. The van der Waals surface area contributed by atoms with E-state index in [1.165, 1.54) is 14.2 Å². The predicted octanol–water partition coefficient (Wildman–Crippen LogP) is -0.915. The zero-order chi connectivity index (χ0) is 11.7. The minimum Gasteiger partial charge on any atom is -0.370 e. The first-order chi connectivity index (χ1) is 7.15. The molecule has 1 unspecified atom stereocenters. The molecule has 0 saturated heterocycles. The van der Waals surface area contributed by atoms with Crippen molar-refractivity contribution in [2.75, 3.05) is 34.0 Å². The van der Waals surface area contributed by atoms with Crippen molar-refractivity contribution in [2.24, 2.45) is 5.73 Å². The van der Waals surface area contributed by atoms with Gasteiger partial charge in [-0.25, -0.2) is 0 Å². The Morgan fingerprint density at radius 3 is 2.47 bits per heavy atom. The van der Waals surface area contributed by atoms with Crippen LogP contribution in [0.3, 0.4) is 0 Å². The minimum absolute atomic E-state index is 0.00168. The molecule has 0 fully saturated rings.